The third-order valence-electron chi connectivity index (χ3n) is 1.14. The van der Waals surface area contributed by atoms with Crippen LogP contribution >= 0.6 is 11.6 Å². The van der Waals surface area contributed by atoms with Gasteiger partial charge in [0.15, 0.2) is 0 Å². The van der Waals surface area contributed by atoms with E-state index in [0.717, 1.165) is 5.69 Å². The number of anilines is 1. The summed E-state index contributed by atoms with van der Waals surface area (Å²) in [6.45, 7) is 1.82. The Morgan fingerprint density at radius 1 is 1.67 bits per heavy atom. The van der Waals surface area contributed by atoms with Crippen molar-refractivity contribution < 1.29 is 0 Å². The van der Waals surface area contributed by atoms with Gasteiger partial charge < -0.3 is 5.73 Å². The number of aromatic nitrogens is 1. The summed E-state index contributed by atoms with van der Waals surface area (Å²) in [5.74, 6) is 0. The van der Waals surface area contributed by atoms with E-state index in [4.69, 9.17) is 17.3 Å². The van der Waals surface area contributed by atoms with Gasteiger partial charge in [-0.2, -0.15) is 0 Å². The summed E-state index contributed by atoms with van der Waals surface area (Å²) in [5.41, 5.74) is 6.84. The summed E-state index contributed by atoms with van der Waals surface area (Å²) >= 11 is 5.65. The van der Waals surface area contributed by atoms with Gasteiger partial charge in [-0.3, -0.25) is 4.98 Å². The Morgan fingerprint density at radius 3 is 2.78 bits per heavy atom. The highest BCUT2D eigenvalue weighted by atomic mass is 35.5. The Morgan fingerprint density at radius 2 is 2.33 bits per heavy atom. The van der Waals surface area contributed by atoms with Crippen LogP contribution in [0.3, 0.4) is 0 Å². The van der Waals surface area contributed by atoms with Crippen molar-refractivity contribution in [1.82, 2.24) is 4.98 Å². The van der Waals surface area contributed by atoms with E-state index in [1.165, 1.54) is 0 Å². The number of hydrogen-bond acceptors (Lipinski definition) is 2. The normalized spacial score (nSPS) is 9.56. The van der Waals surface area contributed by atoms with Gasteiger partial charge in [0.25, 0.3) is 0 Å². The van der Waals surface area contributed by atoms with Crippen LogP contribution in [-0.2, 0) is 0 Å². The minimum atomic E-state index is 0.569. The molecule has 0 aliphatic rings. The molecule has 0 amide bonds. The summed E-state index contributed by atoms with van der Waals surface area (Å²) in [7, 11) is 0. The molecule has 0 aliphatic heterocycles. The zero-order chi connectivity index (χ0) is 6.85. The van der Waals surface area contributed by atoms with Gasteiger partial charge in [-0.25, -0.2) is 0 Å². The van der Waals surface area contributed by atoms with Crippen molar-refractivity contribution in [3.63, 3.8) is 0 Å². The van der Waals surface area contributed by atoms with Gasteiger partial charge in [-0.05, 0) is 13.0 Å². The second kappa shape index (κ2) is 2.23. The molecule has 1 aromatic rings. The maximum Gasteiger partial charge on any atom is 0.0719 e. The molecule has 1 heterocycles. The highest BCUT2D eigenvalue weighted by molar-refractivity contribution is 6.33. The molecule has 2 N–H and O–H groups in total. The Kier molecular flexibility index (Phi) is 1.58. The summed E-state index contributed by atoms with van der Waals surface area (Å²) in [6, 6.07) is 1.67. The average Bonchev–Trinajstić information content (AvgIpc) is 1.83. The Balaban J connectivity index is 3.25. The van der Waals surface area contributed by atoms with Crippen molar-refractivity contribution in [2.24, 2.45) is 0 Å². The van der Waals surface area contributed by atoms with Crippen molar-refractivity contribution in [3.8, 4) is 0 Å². The van der Waals surface area contributed by atoms with Gasteiger partial charge in [0.05, 0.1) is 16.4 Å². The van der Waals surface area contributed by atoms with Gasteiger partial charge in [-0.15, -0.1) is 0 Å². The summed E-state index contributed by atoms with van der Waals surface area (Å²) in [4.78, 5) is 3.93. The Hall–Kier alpha value is -0.760. The zero-order valence-corrected chi connectivity index (χ0v) is 5.81. The predicted molar refractivity (Wildman–Crippen MR) is 38.4 cm³/mol. The number of nitrogen functional groups attached to an aromatic ring is 1. The molecule has 0 saturated heterocycles. The lowest BCUT2D eigenvalue weighted by atomic mass is 10.3. The fourth-order valence-corrected chi connectivity index (χ4v) is 0.740. The van der Waals surface area contributed by atoms with Crippen LogP contribution in [0.1, 0.15) is 5.69 Å². The zero-order valence-electron chi connectivity index (χ0n) is 5.06. The van der Waals surface area contributed by atoms with Crippen LogP contribution in [0.5, 0.6) is 0 Å². The molecule has 0 spiro atoms. The first-order chi connectivity index (χ1) is 4.22. The maximum atomic E-state index is 5.65. The maximum absolute atomic E-state index is 5.65. The van der Waals surface area contributed by atoms with Crippen molar-refractivity contribution in [2.45, 2.75) is 6.92 Å². The fraction of sp³-hybridized carbons (Fsp3) is 0.167. The van der Waals surface area contributed by atoms with E-state index in [0.29, 0.717) is 10.7 Å². The van der Waals surface area contributed by atoms with Gasteiger partial charge in [0.1, 0.15) is 0 Å². The van der Waals surface area contributed by atoms with E-state index in [1.807, 2.05) is 6.92 Å². The van der Waals surface area contributed by atoms with E-state index in [9.17, 15) is 0 Å². The highest BCUT2D eigenvalue weighted by Crippen LogP contribution is 2.18. The lowest BCUT2D eigenvalue weighted by Crippen LogP contribution is -1.92. The topological polar surface area (TPSA) is 38.9 Å². The van der Waals surface area contributed by atoms with E-state index in [-0.39, 0.29) is 0 Å². The number of nitrogens with two attached hydrogens (primary N) is 1. The second-order valence-electron chi connectivity index (χ2n) is 1.79. The Bertz CT molecular complexity index is 202. The Labute approximate surface area is 58.7 Å². The molecule has 0 bridgehead atoms. The third kappa shape index (κ3) is 1.13. The van der Waals surface area contributed by atoms with Crippen LogP contribution in [0.4, 0.5) is 5.69 Å². The first kappa shape index (κ1) is 6.36. The van der Waals surface area contributed by atoms with Crippen molar-refractivity contribution in [1.29, 1.82) is 0 Å². The largest absolute Gasteiger partial charge is 0.396 e. The minimum Gasteiger partial charge on any atom is -0.396 e. The molecular weight excluding hydrogens is 136 g/mol. The highest BCUT2D eigenvalue weighted by Gasteiger charge is 1.96. The molecule has 2 nitrogen and oxygen atoms in total. The fourth-order valence-electron chi connectivity index (χ4n) is 0.547. The molecule has 0 atom stereocenters. The average molecular weight is 143 g/mol. The van der Waals surface area contributed by atoms with Crippen LogP contribution < -0.4 is 5.73 Å². The predicted octanol–water partition coefficient (Wildman–Crippen LogP) is 1.63. The quantitative estimate of drug-likeness (QED) is 0.598. The van der Waals surface area contributed by atoms with Crippen LogP contribution in [0.15, 0.2) is 12.3 Å². The molecule has 3 heteroatoms. The molecule has 1 aromatic heterocycles. The molecular formula is C6H7ClN2. The van der Waals surface area contributed by atoms with E-state index >= 15 is 0 Å². The smallest absolute Gasteiger partial charge is 0.0719 e. The molecule has 0 aliphatic carbocycles. The van der Waals surface area contributed by atoms with Gasteiger partial charge in [-0.1, -0.05) is 11.6 Å². The number of aryl methyl sites for hydroxylation is 1. The molecule has 9 heavy (non-hydrogen) atoms. The third-order valence-corrected chi connectivity index (χ3v) is 1.47. The van der Waals surface area contributed by atoms with Gasteiger partial charge >= 0.3 is 0 Å². The summed E-state index contributed by atoms with van der Waals surface area (Å²) in [6.07, 6.45) is 1.63. The molecule has 0 radical (unpaired) electrons. The van der Waals surface area contributed by atoms with Crippen LogP contribution in [0, 0.1) is 6.92 Å². The minimum absolute atomic E-state index is 0.569. The first-order valence-corrected chi connectivity index (χ1v) is 2.96. The summed E-state index contributed by atoms with van der Waals surface area (Å²) < 4.78 is 0. The lowest BCUT2D eigenvalue weighted by Gasteiger charge is -1.97. The van der Waals surface area contributed by atoms with E-state index < -0.39 is 0 Å². The SMILES string of the molecule is Cc1nccc(Cl)c1N. The van der Waals surface area contributed by atoms with Crippen LogP contribution in [0.25, 0.3) is 0 Å². The monoisotopic (exact) mass is 142 g/mol. The molecule has 0 saturated carbocycles. The number of hydrogen-bond donors (Lipinski definition) is 1. The molecule has 48 valence electrons. The number of pyridine rings is 1. The lowest BCUT2D eigenvalue weighted by molar-refractivity contribution is 1.21. The molecule has 0 aromatic carbocycles. The van der Waals surface area contributed by atoms with E-state index in [1.54, 1.807) is 12.3 Å². The van der Waals surface area contributed by atoms with Gasteiger partial charge in [0, 0.05) is 6.20 Å². The standard InChI is InChI=1S/C6H7ClN2/c1-4-6(8)5(7)2-3-9-4/h2-3H,8H2,1H3. The van der Waals surface area contributed by atoms with Gasteiger partial charge in [0.2, 0.25) is 0 Å². The number of halogens is 1. The number of nitrogens with zero attached hydrogens (tertiary/aromatic N) is 1. The van der Waals surface area contributed by atoms with Crippen LogP contribution in [-0.4, -0.2) is 4.98 Å². The second-order valence-corrected chi connectivity index (χ2v) is 2.20. The van der Waals surface area contributed by atoms with Crippen molar-refractivity contribution in [2.75, 3.05) is 5.73 Å². The van der Waals surface area contributed by atoms with Crippen molar-refractivity contribution in [3.05, 3.63) is 23.0 Å². The molecule has 0 unspecified atom stereocenters. The number of rotatable bonds is 0. The first-order valence-electron chi connectivity index (χ1n) is 2.58. The summed E-state index contributed by atoms with van der Waals surface area (Å²) in [5, 5.41) is 0.572. The van der Waals surface area contributed by atoms with Crippen LogP contribution in [0.2, 0.25) is 5.02 Å². The van der Waals surface area contributed by atoms with E-state index in [2.05, 4.69) is 4.98 Å². The van der Waals surface area contributed by atoms with Crippen molar-refractivity contribution >= 4 is 17.3 Å². The molecule has 0 fully saturated rings. The molecule has 1 rings (SSSR count).